The Kier molecular flexibility index (Phi) is 6.86. The van der Waals surface area contributed by atoms with Gasteiger partial charge in [0.1, 0.15) is 11.2 Å². The number of hydrogen-bond acceptors (Lipinski definition) is 2. The summed E-state index contributed by atoms with van der Waals surface area (Å²) < 4.78 is 6.18. The topological polar surface area (TPSA) is 16.4 Å². The van der Waals surface area contributed by atoms with Crippen molar-refractivity contribution in [2.24, 2.45) is 0 Å². The molecule has 178 valence electrons. The van der Waals surface area contributed by atoms with Crippen LogP contribution in [-0.4, -0.2) is 0 Å². The van der Waals surface area contributed by atoms with Crippen LogP contribution in [0.25, 0.3) is 27.5 Å². The van der Waals surface area contributed by atoms with Gasteiger partial charge in [-0.15, -0.1) is 0 Å². The third kappa shape index (κ3) is 4.76. The summed E-state index contributed by atoms with van der Waals surface area (Å²) in [6.45, 7) is 8.76. The molecule has 36 heavy (non-hydrogen) atoms. The Bertz CT molecular complexity index is 1570. The molecule has 5 aromatic rings. The van der Waals surface area contributed by atoms with E-state index in [1.165, 1.54) is 16.7 Å². The lowest BCUT2D eigenvalue weighted by molar-refractivity contribution is 0.669. The highest BCUT2D eigenvalue weighted by molar-refractivity contribution is 6.05. The van der Waals surface area contributed by atoms with Crippen LogP contribution in [0.2, 0.25) is 0 Å². The predicted octanol–water partition coefficient (Wildman–Crippen LogP) is 9.99. The van der Waals surface area contributed by atoms with Gasteiger partial charge in [0.25, 0.3) is 0 Å². The molecule has 0 saturated carbocycles. The van der Waals surface area contributed by atoms with Gasteiger partial charge in [-0.1, -0.05) is 86.7 Å². The van der Waals surface area contributed by atoms with Gasteiger partial charge in [0, 0.05) is 34.4 Å². The van der Waals surface area contributed by atoms with Crippen LogP contribution in [0.4, 0.5) is 11.4 Å². The number of furan rings is 1. The van der Waals surface area contributed by atoms with Crippen molar-refractivity contribution in [2.45, 2.75) is 26.7 Å². The second-order valence-corrected chi connectivity index (χ2v) is 9.07. The van der Waals surface area contributed by atoms with Crippen LogP contribution < -0.4 is 4.90 Å². The first-order valence-corrected chi connectivity index (χ1v) is 12.5. The molecule has 0 aliphatic carbocycles. The maximum atomic E-state index is 6.18. The highest BCUT2D eigenvalue weighted by Crippen LogP contribution is 2.34. The average Bonchev–Trinajstić information content (AvgIpc) is 3.28. The molecule has 2 nitrogen and oxygen atoms in total. The predicted molar refractivity (Wildman–Crippen MR) is 155 cm³/mol. The molecular formula is C34H31NO. The molecule has 0 N–H and O–H groups in total. The van der Waals surface area contributed by atoms with Crippen LogP contribution in [0.3, 0.4) is 0 Å². The van der Waals surface area contributed by atoms with Gasteiger partial charge in [0.05, 0.1) is 0 Å². The van der Waals surface area contributed by atoms with Gasteiger partial charge in [-0.25, -0.2) is 0 Å². The van der Waals surface area contributed by atoms with Gasteiger partial charge in [-0.05, 0) is 72.0 Å². The maximum Gasteiger partial charge on any atom is 0.137 e. The molecule has 4 aromatic carbocycles. The third-order valence-electron chi connectivity index (χ3n) is 6.54. The highest BCUT2D eigenvalue weighted by Gasteiger charge is 2.12. The van der Waals surface area contributed by atoms with Crippen molar-refractivity contribution < 1.29 is 4.42 Å². The quantitative estimate of drug-likeness (QED) is 0.210. The van der Waals surface area contributed by atoms with Gasteiger partial charge < -0.3 is 9.32 Å². The number of para-hydroxylation sites is 2. The minimum absolute atomic E-state index is 0.885. The number of aryl methyl sites for hydroxylation is 1. The average molecular weight is 470 g/mol. The lowest BCUT2D eigenvalue weighted by Gasteiger charge is -2.21. The number of benzene rings is 4. The van der Waals surface area contributed by atoms with Crippen LogP contribution in [0.1, 0.15) is 30.9 Å². The third-order valence-corrected chi connectivity index (χ3v) is 6.54. The van der Waals surface area contributed by atoms with Gasteiger partial charge >= 0.3 is 0 Å². The number of rotatable bonds is 8. The summed E-state index contributed by atoms with van der Waals surface area (Å²) in [6, 6.07) is 33.5. The molecule has 0 bridgehead atoms. The van der Waals surface area contributed by atoms with Gasteiger partial charge in [-0.2, -0.15) is 0 Å². The molecule has 2 heteroatoms. The standard InChI is InChI=1S/C34H31NO/c1-4-13-25(2)30(29-17-9-8-14-26(29)3)19-12-23-35(27-15-6-5-7-16-27)28-21-22-32-31-18-10-11-20-33(31)36-34(32)24-28/h5-12,14-24H,2,4,13H2,1,3H3/b23-12+,30-19+. The van der Waals surface area contributed by atoms with Gasteiger partial charge in [0.2, 0.25) is 0 Å². The van der Waals surface area contributed by atoms with E-state index in [1.807, 2.05) is 18.2 Å². The van der Waals surface area contributed by atoms with Crippen molar-refractivity contribution in [1.82, 2.24) is 0 Å². The molecular weight excluding hydrogens is 438 g/mol. The summed E-state index contributed by atoms with van der Waals surface area (Å²) in [7, 11) is 0. The maximum absolute atomic E-state index is 6.18. The van der Waals surface area contributed by atoms with Crippen molar-refractivity contribution in [2.75, 3.05) is 4.90 Å². The Morgan fingerprint density at radius 3 is 2.33 bits per heavy atom. The first kappa shape index (κ1) is 23.4. The van der Waals surface area contributed by atoms with E-state index in [2.05, 4.69) is 123 Å². The normalized spacial score (nSPS) is 12.0. The fourth-order valence-corrected chi connectivity index (χ4v) is 4.71. The smallest absolute Gasteiger partial charge is 0.137 e. The van der Waals surface area contributed by atoms with E-state index in [1.54, 1.807) is 0 Å². The number of fused-ring (bicyclic) bond motifs is 3. The van der Waals surface area contributed by atoms with Gasteiger partial charge in [-0.3, -0.25) is 0 Å². The van der Waals surface area contributed by atoms with Crippen LogP contribution in [0.15, 0.2) is 132 Å². The van der Waals surface area contributed by atoms with Crippen LogP contribution in [-0.2, 0) is 0 Å². The molecule has 1 aromatic heterocycles. The second kappa shape index (κ2) is 10.5. The van der Waals surface area contributed by atoms with Crippen molar-refractivity contribution in [3.63, 3.8) is 0 Å². The van der Waals surface area contributed by atoms with E-state index in [0.29, 0.717) is 0 Å². The van der Waals surface area contributed by atoms with Crippen LogP contribution in [0.5, 0.6) is 0 Å². The second-order valence-electron chi connectivity index (χ2n) is 9.07. The minimum atomic E-state index is 0.885. The fraction of sp³-hybridized carbons (Fsp3) is 0.118. The van der Waals surface area contributed by atoms with Crippen molar-refractivity contribution in [3.8, 4) is 0 Å². The Morgan fingerprint density at radius 1 is 0.806 bits per heavy atom. The van der Waals surface area contributed by atoms with E-state index in [4.69, 9.17) is 4.42 Å². The first-order chi connectivity index (χ1) is 17.7. The zero-order valence-electron chi connectivity index (χ0n) is 20.9. The Balaban J connectivity index is 1.57. The molecule has 0 aliphatic heterocycles. The summed E-state index contributed by atoms with van der Waals surface area (Å²) in [5, 5.41) is 2.27. The van der Waals surface area contributed by atoms with E-state index in [9.17, 15) is 0 Å². The molecule has 0 atom stereocenters. The Labute approximate surface area is 213 Å². The summed E-state index contributed by atoms with van der Waals surface area (Å²) in [6.07, 6.45) is 8.48. The lowest BCUT2D eigenvalue weighted by atomic mass is 9.92. The molecule has 0 fully saturated rings. The first-order valence-electron chi connectivity index (χ1n) is 12.5. The monoisotopic (exact) mass is 469 g/mol. The fourth-order valence-electron chi connectivity index (χ4n) is 4.71. The van der Waals surface area contributed by atoms with E-state index < -0.39 is 0 Å². The Hall–Kier alpha value is -4.30. The molecule has 1 heterocycles. The molecule has 0 spiro atoms. The summed E-state index contributed by atoms with van der Waals surface area (Å²) in [5.41, 5.74) is 8.76. The zero-order chi connectivity index (χ0) is 24.9. The summed E-state index contributed by atoms with van der Waals surface area (Å²) in [4.78, 5) is 2.20. The summed E-state index contributed by atoms with van der Waals surface area (Å²) >= 11 is 0. The molecule has 5 rings (SSSR count). The van der Waals surface area contributed by atoms with Crippen LogP contribution >= 0.6 is 0 Å². The molecule has 0 unspecified atom stereocenters. The lowest BCUT2D eigenvalue weighted by Crippen LogP contribution is -2.07. The molecule has 0 radical (unpaired) electrons. The van der Waals surface area contributed by atoms with Crippen LogP contribution in [0, 0.1) is 6.92 Å². The number of nitrogens with zero attached hydrogens (tertiary/aromatic N) is 1. The minimum Gasteiger partial charge on any atom is -0.456 e. The van der Waals surface area contributed by atoms with Gasteiger partial charge in [0.15, 0.2) is 0 Å². The molecule has 0 saturated heterocycles. The van der Waals surface area contributed by atoms with E-state index in [-0.39, 0.29) is 0 Å². The number of anilines is 2. The molecule has 0 aliphatic rings. The SMILES string of the molecule is C=C(CCC)/C(=C\C=C\N(c1ccccc1)c1ccc2c(c1)oc1ccccc12)c1ccccc1C. The van der Waals surface area contributed by atoms with Crippen molar-refractivity contribution in [1.29, 1.82) is 0 Å². The molecule has 0 amide bonds. The summed E-state index contributed by atoms with van der Waals surface area (Å²) in [5.74, 6) is 0. The number of allylic oxidation sites excluding steroid dienone is 4. The largest absolute Gasteiger partial charge is 0.456 e. The Morgan fingerprint density at radius 2 is 1.53 bits per heavy atom. The zero-order valence-corrected chi connectivity index (χ0v) is 20.9. The van der Waals surface area contributed by atoms with E-state index in [0.717, 1.165) is 51.7 Å². The highest BCUT2D eigenvalue weighted by atomic mass is 16.3. The van der Waals surface area contributed by atoms with E-state index >= 15 is 0 Å². The number of hydrogen-bond donors (Lipinski definition) is 0. The van der Waals surface area contributed by atoms with Crippen molar-refractivity contribution in [3.05, 3.63) is 139 Å². The van der Waals surface area contributed by atoms with Crippen molar-refractivity contribution >= 4 is 38.9 Å².